The summed E-state index contributed by atoms with van der Waals surface area (Å²) in [5.74, 6) is 0.521. The highest BCUT2D eigenvalue weighted by molar-refractivity contribution is 6.30. The smallest absolute Gasteiger partial charge is 0.343 e. The van der Waals surface area contributed by atoms with Crippen LogP contribution in [-0.4, -0.2) is 63.2 Å². The maximum atomic E-state index is 13.1. The Hall–Kier alpha value is -3.14. The molecule has 0 saturated carbocycles. The van der Waals surface area contributed by atoms with Gasteiger partial charge in [-0.25, -0.2) is 0 Å². The molecule has 0 aliphatic carbocycles. The molecule has 2 fully saturated rings. The first kappa shape index (κ1) is 24.5. The van der Waals surface area contributed by atoms with E-state index < -0.39 is 11.7 Å². The number of aromatic nitrogens is 3. The van der Waals surface area contributed by atoms with Crippen molar-refractivity contribution in [2.75, 3.05) is 26.2 Å². The van der Waals surface area contributed by atoms with Crippen molar-refractivity contribution in [2.24, 2.45) is 11.8 Å². The molecule has 1 aromatic heterocycles. The molecule has 0 bridgehead atoms. The molecule has 2 amide bonds. The Morgan fingerprint density at radius 1 is 1.03 bits per heavy atom. The van der Waals surface area contributed by atoms with E-state index in [1.54, 1.807) is 23.1 Å². The second-order valence-corrected chi connectivity index (χ2v) is 10.0. The molecule has 5 rings (SSSR count). The summed E-state index contributed by atoms with van der Waals surface area (Å²) in [4.78, 5) is 29.6. The normalized spacial score (nSPS) is 20.4. The van der Waals surface area contributed by atoms with E-state index in [1.165, 1.54) is 6.07 Å². The predicted octanol–water partition coefficient (Wildman–Crippen LogP) is 4.57. The topological polar surface area (TPSA) is 82.2 Å². The zero-order chi connectivity index (χ0) is 25.4. The van der Waals surface area contributed by atoms with E-state index >= 15 is 0 Å². The van der Waals surface area contributed by atoms with Crippen molar-refractivity contribution >= 4 is 34.4 Å². The van der Waals surface area contributed by atoms with Crippen molar-refractivity contribution in [1.29, 1.82) is 0 Å². The summed E-state index contributed by atoms with van der Waals surface area (Å²) in [6.07, 6.45) is -2.58. The predicted molar refractivity (Wildman–Crippen MR) is 127 cm³/mol. The monoisotopic (exact) mass is 519 g/mol. The number of nitrogens with zero attached hydrogens (tertiary/aromatic N) is 4. The molecule has 0 radical (unpaired) electrons. The molecular weight excluding hydrogens is 495 g/mol. The number of benzene rings is 2. The van der Waals surface area contributed by atoms with Crippen LogP contribution in [0.5, 0.6) is 0 Å². The summed E-state index contributed by atoms with van der Waals surface area (Å²) in [7, 11) is 0. The minimum absolute atomic E-state index is 0.00919. The van der Waals surface area contributed by atoms with Crippen LogP contribution >= 0.6 is 11.6 Å². The van der Waals surface area contributed by atoms with Gasteiger partial charge in [0.15, 0.2) is 0 Å². The molecule has 0 unspecified atom stereocenters. The summed E-state index contributed by atoms with van der Waals surface area (Å²) in [5.41, 5.74) is 1.60. The Bertz CT molecular complexity index is 1280. The van der Waals surface area contributed by atoms with Gasteiger partial charge in [-0.15, -0.1) is 5.10 Å². The number of likely N-dealkylation sites (tertiary alicyclic amines) is 2. The maximum Gasteiger partial charge on any atom is 0.416 e. The fourth-order valence-corrected chi connectivity index (χ4v) is 5.55. The highest BCUT2D eigenvalue weighted by atomic mass is 35.5. The molecule has 7 nitrogen and oxygen atoms in total. The molecule has 2 atom stereocenters. The highest BCUT2D eigenvalue weighted by Crippen LogP contribution is 2.34. The number of aromatic amines is 1. The lowest BCUT2D eigenvalue weighted by Crippen LogP contribution is -2.34. The van der Waals surface area contributed by atoms with Crippen molar-refractivity contribution in [3.63, 3.8) is 0 Å². The van der Waals surface area contributed by atoms with Gasteiger partial charge >= 0.3 is 6.18 Å². The van der Waals surface area contributed by atoms with Crippen LogP contribution in [0.3, 0.4) is 0 Å². The number of nitrogens with one attached hydrogen (secondary N) is 1. The fraction of sp³-hybridized carbons (Fsp3) is 0.440. The molecule has 0 spiro atoms. The molecule has 3 aromatic rings. The Labute approximate surface area is 210 Å². The summed E-state index contributed by atoms with van der Waals surface area (Å²) in [6, 6.07) is 8.74. The standard InChI is InChI=1S/C25H25ClF3N5O2/c26-20-10-15(9-19(12-20)25(27,28)29)1-4-23(35)33-7-5-17-13-34(14-18(17)6-8-33)24(36)16-2-3-21-22(11-16)31-32-30-21/h2-3,9-12,17-18H,1,4-8,13-14H2,(H,30,31,32)/t17-,18+. The second-order valence-electron chi connectivity index (χ2n) is 9.58. The molecule has 2 aromatic carbocycles. The zero-order valence-corrected chi connectivity index (χ0v) is 20.1. The lowest BCUT2D eigenvalue weighted by Gasteiger charge is -2.22. The van der Waals surface area contributed by atoms with Gasteiger partial charge in [0.05, 0.1) is 11.1 Å². The minimum Gasteiger partial charge on any atom is -0.343 e. The summed E-state index contributed by atoms with van der Waals surface area (Å²) < 4.78 is 39.2. The third kappa shape index (κ3) is 5.18. The fourth-order valence-electron chi connectivity index (χ4n) is 5.29. The van der Waals surface area contributed by atoms with Crippen molar-refractivity contribution < 1.29 is 22.8 Å². The van der Waals surface area contributed by atoms with Crippen molar-refractivity contribution in [3.8, 4) is 0 Å². The number of alkyl halides is 3. The third-order valence-corrected chi connectivity index (χ3v) is 7.46. The Morgan fingerprint density at radius 3 is 2.44 bits per heavy atom. The van der Waals surface area contributed by atoms with Crippen LogP contribution in [0, 0.1) is 11.8 Å². The largest absolute Gasteiger partial charge is 0.416 e. The molecule has 1 N–H and O–H groups in total. The Kier molecular flexibility index (Phi) is 6.63. The van der Waals surface area contributed by atoms with Gasteiger partial charge in [-0.05, 0) is 73.1 Å². The molecule has 2 saturated heterocycles. The SMILES string of the molecule is O=C(CCc1cc(Cl)cc(C(F)(F)F)c1)N1CC[C@@H]2CN(C(=O)c3ccc4[nH]nnc4c3)C[C@@H]2CC1. The average Bonchev–Trinajstić information content (AvgIpc) is 3.43. The van der Waals surface area contributed by atoms with E-state index in [-0.39, 0.29) is 29.7 Å². The van der Waals surface area contributed by atoms with Crippen LogP contribution in [-0.2, 0) is 17.4 Å². The van der Waals surface area contributed by atoms with E-state index in [2.05, 4.69) is 15.4 Å². The number of halogens is 4. The number of hydrogen-bond acceptors (Lipinski definition) is 4. The second kappa shape index (κ2) is 9.72. The van der Waals surface area contributed by atoms with E-state index in [1.807, 2.05) is 4.90 Å². The summed E-state index contributed by atoms with van der Waals surface area (Å²) >= 11 is 5.86. The Morgan fingerprint density at radius 2 is 1.75 bits per heavy atom. The summed E-state index contributed by atoms with van der Waals surface area (Å²) in [5, 5.41) is 10.5. The molecule has 2 aliphatic rings. The van der Waals surface area contributed by atoms with Gasteiger partial charge in [-0.1, -0.05) is 16.8 Å². The van der Waals surface area contributed by atoms with Gasteiger partial charge in [0.25, 0.3) is 5.91 Å². The number of carbonyl (C=O) groups excluding carboxylic acids is 2. The lowest BCUT2D eigenvalue weighted by atomic mass is 9.92. The van der Waals surface area contributed by atoms with Crippen molar-refractivity contribution in [3.05, 3.63) is 58.1 Å². The number of carbonyl (C=O) groups is 2. The molecule has 11 heteroatoms. The van der Waals surface area contributed by atoms with Gasteiger partial charge in [-0.3, -0.25) is 14.7 Å². The number of rotatable bonds is 4. The van der Waals surface area contributed by atoms with Crippen LogP contribution in [0.2, 0.25) is 5.02 Å². The highest BCUT2D eigenvalue weighted by Gasteiger charge is 2.38. The first-order valence-electron chi connectivity index (χ1n) is 11.9. The quantitative estimate of drug-likeness (QED) is 0.547. The molecule has 3 heterocycles. The van der Waals surface area contributed by atoms with Crippen molar-refractivity contribution in [2.45, 2.75) is 31.9 Å². The van der Waals surface area contributed by atoms with E-state index in [0.29, 0.717) is 54.7 Å². The van der Waals surface area contributed by atoms with Crippen LogP contribution in [0.15, 0.2) is 36.4 Å². The zero-order valence-electron chi connectivity index (χ0n) is 19.4. The minimum atomic E-state index is -4.48. The molecule has 36 heavy (non-hydrogen) atoms. The number of hydrogen-bond donors (Lipinski definition) is 1. The summed E-state index contributed by atoms with van der Waals surface area (Å²) in [6.45, 7) is 2.45. The number of fused-ring (bicyclic) bond motifs is 2. The van der Waals surface area contributed by atoms with E-state index in [9.17, 15) is 22.8 Å². The van der Waals surface area contributed by atoms with Crippen LogP contribution in [0.4, 0.5) is 13.2 Å². The van der Waals surface area contributed by atoms with Crippen LogP contribution < -0.4 is 0 Å². The van der Waals surface area contributed by atoms with Gasteiger partial charge in [0.2, 0.25) is 5.91 Å². The van der Waals surface area contributed by atoms with Crippen LogP contribution in [0.25, 0.3) is 11.0 Å². The van der Waals surface area contributed by atoms with Crippen LogP contribution in [0.1, 0.15) is 40.7 Å². The van der Waals surface area contributed by atoms with Gasteiger partial charge in [0, 0.05) is 43.2 Å². The first-order chi connectivity index (χ1) is 17.2. The average molecular weight is 520 g/mol. The maximum absolute atomic E-state index is 13.1. The van der Waals surface area contributed by atoms with Gasteiger partial charge < -0.3 is 9.80 Å². The molecular formula is C25H25ClF3N5O2. The number of H-pyrrole nitrogens is 1. The van der Waals surface area contributed by atoms with E-state index in [0.717, 1.165) is 30.5 Å². The Balaban J connectivity index is 1.15. The lowest BCUT2D eigenvalue weighted by molar-refractivity contribution is -0.137. The first-order valence-corrected chi connectivity index (χ1v) is 12.3. The molecule has 2 aliphatic heterocycles. The van der Waals surface area contributed by atoms with Crippen molar-refractivity contribution in [1.82, 2.24) is 25.2 Å². The van der Waals surface area contributed by atoms with Gasteiger partial charge in [0.1, 0.15) is 5.52 Å². The number of aryl methyl sites for hydroxylation is 1. The number of amides is 2. The molecule has 190 valence electrons. The third-order valence-electron chi connectivity index (χ3n) is 7.24. The van der Waals surface area contributed by atoms with Gasteiger partial charge in [-0.2, -0.15) is 13.2 Å². The van der Waals surface area contributed by atoms with E-state index in [4.69, 9.17) is 11.6 Å².